The highest BCUT2D eigenvalue weighted by Gasteiger charge is 2.15. The minimum Gasteiger partial charge on any atom is -0.377 e. The Bertz CT molecular complexity index is 338. The van der Waals surface area contributed by atoms with Gasteiger partial charge in [-0.2, -0.15) is 5.10 Å². The van der Waals surface area contributed by atoms with Crippen LogP contribution in [0.2, 0.25) is 0 Å². The Morgan fingerprint density at radius 1 is 1.00 bits per heavy atom. The fourth-order valence-electron chi connectivity index (χ4n) is 2.16. The molecule has 122 valence electrons. The maximum atomic E-state index is 5.68. The topological polar surface area (TPSA) is 39.5 Å². The lowest BCUT2D eigenvalue weighted by molar-refractivity contribution is 0.0215. The highest BCUT2D eigenvalue weighted by atomic mass is 16.5. The van der Waals surface area contributed by atoms with Crippen molar-refractivity contribution in [2.24, 2.45) is 0 Å². The summed E-state index contributed by atoms with van der Waals surface area (Å²) in [6.07, 6.45) is 4.38. The van der Waals surface area contributed by atoms with Crippen LogP contribution >= 0.6 is 0 Å². The van der Waals surface area contributed by atoms with Crippen molar-refractivity contribution < 1.29 is 9.47 Å². The number of rotatable bonds is 11. The molecule has 0 aliphatic carbocycles. The summed E-state index contributed by atoms with van der Waals surface area (Å²) in [5.41, 5.74) is 0. The Morgan fingerprint density at radius 3 is 2.00 bits per heavy atom. The highest BCUT2D eigenvalue weighted by molar-refractivity contribution is 4.79. The number of ether oxygens (including phenoxy) is 2. The van der Waals surface area contributed by atoms with Gasteiger partial charge < -0.3 is 9.47 Å². The summed E-state index contributed by atoms with van der Waals surface area (Å²) in [6.45, 7) is 14.7. The first-order valence-corrected chi connectivity index (χ1v) is 7.93. The summed E-state index contributed by atoms with van der Waals surface area (Å²) in [5, 5.41) is 4.28. The van der Waals surface area contributed by atoms with E-state index in [1.54, 1.807) is 0 Å². The van der Waals surface area contributed by atoms with Gasteiger partial charge in [-0.1, -0.05) is 0 Å². The first-order valence-electron chi connectivity index (χ1n) is 7.93. The zero-order chi connectivity index (χ0) is 15.7. The van der Waals surface area contributed by atoms with Crippen LogP contribution in [0.5, 0.6) is 0 Å². The second kappa shape index (κ2) is 9.92. The van der Waals surface area contributed by atoms with Crippen LogP contribution in [0.3, 0.4) is 0 Å². The molecule has 1 heterocycles. The fraction of sp³-hybridized carbons (Fsp3) is 0.812. The van der Waals surface area contributed by atoms with E-state index in [0.717, 1.165) is 32.8 Å². The van der Waals surface area contributed by atoms with Crippen molar-refractivity contribution >= 4 is 0 Å². The van der Waals surface area contributed by atoms with Gasteiger partial charge in [0.2, 0.25) is 0 Å². The van der Waals surface area contributed by atoms with E-state index in [1.165, 1.54) is 0 Å². The van der Waals surface area contributed by atoms with Crippen LogP contribution < -0.4 is 0 Å². The molecule has 0 N–H and O–H groups in total. The van der Waals surface area contributed by atoms with Crippen molar-refractivity contribution in [3.8, 4) is 0 Å². The lowest BCUT2D eigenvalue weighted by atomic mass is 10.2. The zero-order valence-corrected chi connectivity index (χ0v) is 14.2. The predicted octanol–water partition coefficient (Wildman–Crippen LogP) is 2.42. The smallest absolute Gasteiger partial charge is 0.0597 e. The summed E-state index contributed by atoms with van der Waals surface area (Å²) in [7, 11) is 0. The standard InChI is InChI=1S/C16H31N3O2/c1-14(2)20-11-9-18(10-12-21-15(3)4)16(5)13-19-8-6-7-17-19/h6-8,14-16H,9-13H2,1-5H3/t16-/m1/s1. The summed E-state index contributed by atoms with van der Waals surface area (Å²) in [5.74, 6) is 0. The van der Waals surface area contributed by atoms with Crippen LogP contribution in [-0.4, -0.2) is 59.2 Å². The molecule has 0 radical (unpaired) electrons. The molecule has 1 rings (SSSR count). The molecule has 1 atom stereocenters. The molecule has 5 nitrogen and oxygen atoms in total. The monoisotopic (exact) mass is 297 g/mol. The molecular weight excluding hydrogens is 266 g/mol. The van der Waals surface area contributed by atoms with Gasteiger partial charge >= 0.3 is 0 Å². The van der Waals surface area contributed by atoms with Crippen molar-refractivity contribution in [2.45, 2.75) is 59.4 Å². The van der Waals surface area contributed by atoms with Crippen molar-refractivity contribution in [1.29, 1.82) is 0 Å². The summed E-state index contributed by atoms with van der Waals surface area (Å²) >= 11 is 0. The van der Waals surface area contributed by atoms with E-state index in [0.29, 0.717) is 6.04 Å². The van der Waals surface area contributed by atoms with E-state index in [1.807, 2.05) is 23.1 Å². The largest absolute Gasteiger partial charge is 0.377 e. The SMILES string of the molecule is CC(C)OCCN(CCOC(C)C)[C@H](C)Cn1cccn1. The molecule has 0 aliphatic heterocycles. The van der Waals surface area contributed by atoms with Crippen LogP contribution in [0.1, 0.15) is 34.6 Å². The van der Waals surface area contributed by atoms with E-state index < -0.39 is 0 Å². The number of hydrogen-bond acceptors (Lipinski definition) is 4. The minimum absolute atomic E-state index is 0.278. The van der Waals surface area contributed by atoms with Gasteiger partial charge in [0, 0.05) is 31.5 Å². The molecule has 5 heteroatoms. The van der Waals surface area contributed by atoms with E-state index >= 15 is 0 Å². The third kappa shape index (κ3) is 8.19. The lowest BCUT2D eigenvalue weighted by Crippen LogP contribution is -2.41. The first kappa shape index (κ1) is 18.1. The normalized spacial score (nSPS) is 13.5. The minimum atomic E-state index is 0.278. The number of nitrogens with zero attached hydrogens (tertiary/aromatic N) is 3. The van der Waals surface area contributed by atoms with Gasteiger partial charge in [0.05, 0.1) is 32.0 Å². The summed E-state index contributed by atoms with van der Waals surface area (Å²) in [6, 6.07) is 2.36. The molecule has 0 fully saturated rings. The lowest BCUT2D eigenvalue weighted by Gasteiger charge is -2.29. The molecule has 0 amide bonds. The molecule has 0 saturated heterocycles. The van der Waals surface area contributed by atoms with Crippen molar-refractivity contribution in [2.75, 3.05) is 26.3 Å². The van der Waals surface area contributed by atoms with E-state index in [-0.39, 0.29) is 12.2 Å². The van der Waals surface area contributed by atoms with Gasteiger partial charge in [0.15, 0.2) is 0 Å². The third-order valence-corrected chi connectivity index (χ3v) is 3.29. The van der Waals surface area contributed by atoms with Crippen LogP contribution in [0.4, 0.5) is 0 Å². The molecule has 1 aromatic rings. The Labute approximate surface area is 129 Å². The van der Waals surface area contributed by atoms with Crippen LogP contribution in [0.15, 0.2) is 18.5 Å². The molecule has 0 aliphatic rings. The van der Waals surface area contributed by atoms with Crippen LogP contribution in [0.25, 0.3) is 0 Å². The Kier molecular flexibility index (Phi) is 8.57. The molecule has 0 bridgehead atoms. The molecule has 0 saturated carbocycles. The average Bonchev–Trinajstić information content (AvgIpc) is 2.89. The Balaban J connectivity index is 2.44. The Morgan fingerprint density at radius 2 is 1.57 bits per heavy atom. The van der Waals surface area contributed by atoms with E-state index in [2.05, 4.69) is 44.6 Å². The molecule has 1 aromatic heterocycles. The maximum Gasteiger partial charge on any atom is 0.0597 e. The third-order valence-electron chi connectivity index (χ3n) is 3.29. The van der Waals surface area contributed by atoms with Crippen LogP contribution in [0, 0.1) is 0 Å². The average molecular weight is 297 g/mol. The number of hydrogen-bond donors (Lipinski definition) is 0. The first-order chi connectivity index (χ1) is 9.99. The van der Waals surface area contributed by atoms with Crippen molar-refractivity contribution in [3.05, 3.63) is 18.5 Å². The van der Waals surface area contributed by atoms with E-state index in [9.17, 15) is 0 Å². The van der Waals surface area contributed by atoms with Crippen LogP contribution in [-0.2, 0) is 16.0 Å². The van der Waals surface area contributed by atoms with Crippen molar-refractivity contribution in [1.82, 2.24) is 14.7 Å². The van der Waals surface area contributed by atoms with Crippen molar-refractivity contribution in [3.63, 3.8) is 0 Å². The van der Waals surface area contributed by atoms with Gasteiger partial charge in [-0.25, -0.2) is 0 Å². The molecule has 0 unspecified atom stereocenters. The summed E-state index contributed by atoms with van der Waals surface area (Å²) < 4.78 is 13.3. The zero-order valence-electron chi connectivity index (χ0n) is 14.2. The fourth-order valence-corrected chi connectivity index (χ4v) is 2.16. The summed E-state index contributed by atoms with van der Waals surface area (Å²) in [4.78, 5) is 2.41. The number of aromatic nitrogens is 2. The second-order valence-electron chi connectivity index (χ2n) is 5.95. The highest BCUT2D eigenvalue weighted by Crippen LogP contribution is 2.04. The van der Waals surface area contributed by atoms with Gasteiger partial charge in [0.1, 0.15) is 0 Å². The molecule has 21 heavy (non-hydrogen) atoms. The van der Waals surface area contributed by atoms with Gasteiger partial charge in [-0.15, -0.1) is 0 Å². The van der Waals surface area contributed by atoms with Gasteiger partial charge in [0.25, 0.3) is 0 Å². The van der Waals surface area contributed by atoms with E-state index in [4.69, 9.17) is 9.47 Å². The molecule has 0 aromatic carbocycles. The second-order valence-corrected chi connectivity index (χ2v) is 5.95. The maximum absolute atomic E-state index is 5.68. The van der Waals surface area contributed by atoms with Gasteiger partial charge in [-0.05, 0) is 40.7 Å². The predicted molar refractivity (Wildman–Crippen MR) is 85.4 cm³/mol. The quantitative estimate of drug-likeness (QED) is 0.629. The molecule has 0 spiro atoms. The Hall–Kier alpha value is -0.910. The van der Waals surface area contributed by atoms with Gasteiger partial charge in [-0.3, -0.25) is 9.58 Å². The molecular formula is C16H31N3O2.